The average Bonchev–Trinajstić information content (AvgIpc) is 3.23. The highest BCUT2D eigenvalue weighted by atomic mass is 16.5. The molecule has 0 aromatic carbocycles. The van der Waals surface area contributed by atoms with E-state index in [2.05, 4.69) is 41.9 Å². The lowest BCUT2D eigenvalue weighted by molar-refractivity contribution is 0.298. The molecule has 2 atom stereocenters. The molecule has 4 aliphatic rings. The normalized spacial score (nSPS) is 27.8. The molecule has 8 heteroatoms. The van der Waals surface area contributed by atoms with Gasteiger partial charge in [0.1, 0.15) is 5.65 Å². The van der Waals surface area contributed by atoms with Crippen LogP contribution >= 0.6 is 0 Å². The largest absolute Gasteiger partial charge is 0.477 e. The van der Waals surface area contributed by atoms with E-state index in [-0.39, 0.29) is 0 Å². The third-order valence-corrected chi connectivity index (χ3v) is 6.42. The Hall–Kier alpha value is -2.61. The molecule has 0 amide bonds. The number of aromatic nitrogens is 5. The van der Waals surface area contributed by atoms with Gasteiger partial charge in [-0.15, -0.1) is 0 Å². The summed E-state index contributed by atoms with van der Waals surface area (Å²) in [5.74, 6) is 4.25. The number of piperidine rings is 1. The first-order valence-corrected chi connectivity index (χ1v) is 9.76. The van der Waals surface area contributed by atoms with Crippen LogP contribution in [-0.4, -0.2) is 55.4 Å². The molecule has 3 aromatic heterocycles. The molecular formula is C19H23N7O. The Balaban J connectivity index is 1.19. The molecule has 4 fully saturated rings. The molecule has 2 aliphatic heterocycles. The van der Waals surface area contributed by atoms with Crippen molar-refractivity contribution in [3.05, 3.63) is 24.2 Å². The Morgan fingerprint density at radius 3 is 2.96 bits per heavy atom. The van der Waals surface area contributed by atoms with E-state index in [0.29, 0.717) is 18.4 Å². The Labute approximate surface area is 156 Å². The monoisotopic (exact) mass is 365 g/mol. The predicted octanol–water partition coefficient (Wildman–Crippen LogP) is 2.17. The predicted molar refractivity (Wildman–Crippen MR) is 101 cm³/mol. The first kappa shape index (κ1) is 15.4. The summed E-state index contributed by atoms with van der Waals surface area (Å²) in [5.41, 5.74) is 2.79. The molecule has 0 radical (unpaired) electrons. The summed E-state index contributed by atoms with van der Waals surface area (Å²) >= 11 is 0. The average molecular weight is 365 g/mol. The maximum Gasteiger partial charge on any atom is 0.232 e. The first-order valence-electron chi connectivity index (χ1n) is 9.76. The molecule has 0 spiro atoms. The molecule has 2 unspecified atom stereocenters. The van der Waals surface area contributed by atoms with Gasteiger partial charge in [-0.25, -0.2) is 0 Å². The minimum absolute atomic E-state index is 0.514. The van der Waals surface area contributed by atoms with Crippen molar-refractivity contribution < 1.29 is 4.74 Å². The van der Waals surface area contributed by atoms with Crippen LogP contribution in [0.3, 0.4) is 0 Å². The second kappa shape index (κ2) is 5.45. The summed E-state index contributed by atoms with van der Waals surface area (Å²) in [6.45, 7) is 7.92. The molecule has 2 saturated heterocycles. The number of aromatic amines is 1. The molecule has 140 valence electrons. The molecule has 3 aromatic rings. The summed E-state index contributed by atoms with van der Waals surface area (Å²) in [6.07, 6.45) is 3.70. The van der Waals surface area contributed by atoms with Crippen LogP contribution in [-0.2, 0) is 6.54 Å². The number of hydrogen-bond donors (Lipinski definition) is 2. The fourth-order valence-corrected chi connectivity index (χ4v) is 4.85. The smallest absolute Gasteiger partial charge is 0.232 e. The Bertz CT molecular complexity index is 1010. The van der Waals surface area contributed by atoms with Gasteiger partial charge in [-0.2, -0.15) is 15.1 Å². The minimum atomic E-state index is 0.514. The van der Waals surface area contributed by atoms with Gasteiger partial charge in [0.25, 0.3) is 0 Å². The third-order valence-electron chi connectivity index (χ3n) is 6.42. The van der Waals surface area contributed by atoms with E-state index in [4.69, 9.17) is 4.74 Å². The van der Waals surface area contributed by atoms with E-state index < -0.39 is 0 Å². The summed E-state index contributed by atoms with van der Waals surface area (Å²) in [6, 6.07) is 2.83. The van der Waals surface area contributed by atoms with Crippen LogP contribution in [0.25, 0.3) is 11.0 Å². The Morgan fingerprint density at radius 1 is 1.30 bits per heavy atom. The molecule has 2 bridgehead atoms. The van der Waals surface area contributed by atoms with Gasteiger partial charge in [0, 0.05) is 25.3 Å². The van der Waals surface area contributed by atoms with Crippen molar-refractivity contribution in [1.29, 1.82) is 0 Å². The molecule has 2 aliphatic carbocycles. The maximum atomic E-state index is 5.67. The van der Waals surface area contributed by atoms with Gasteiger partial charge in [0.05, 0.1) is 36.1 Å². The summed E-state index contributed by atoms with van der Waals surface area (Å²) in [7, 11) is 0. The van der Waals surface area contributed by atoms with Crippen LogP contribution in [0.15, 0.2) is 18.5 Å². The number of hydrogen-bond acceptors (Lipinski definition) is 6. The fourth-order valence-electron chi connectivity index (χ4n) is 4.85. The summed E-state index contributed by atoms with van der Waals surface area (Å²) in [4.78, 5) is 14.8. The first-order chi connectivity index (χ1) is 13.2. The zero-order chi connectivity index (χ0) is 18.1. The minimum Gasteiger partial charge on any atom is -0.477 e. The maximum absolute atomic E-state index is 5.67. The highest BCUT2D eigenvalue weighted by Gasteiger charge is 2.79. The molecule has 5 heterocycles. The Morgan fingerprint density at radius 2 is 2.19 bits per heavy atom. The van der Waals surface area contributed by atoms with Crippen LogP contribution in [0.1, 0.15) is 12.6 Å². The van der Waals surface area contributed by atoms with Crippen LogP contribution in [0.4, 0.5) is 11.6 Å². The molecule has 8 nitrogen and oxygen atoms in total. The van der Waals surface area contributed by atoms with Gasteiger partial charge >= 0.3 is 0 Å². The number of nitrogens with zero attached hydrogens (tertiary/aromatic N) is 5. The van der Waals surface area contributed by atoms with Crippen molar-refractivity contribution >= 4 is 22.7 Å². The second-order valence-electron chi connectivity index (χ2n) is 7.82. The van der Waals surface area contributed by atoms with E-state index in [0.717, 1.165) is 59.3 Å². The van der Waals surface area contributed by atoms with E-state index in [1.165, 1.54) is 6.54 Å². The van der Waals surface area contributed by atoms with E-state index in [1.54, 1.807) is 0 Å². The van der Waals surface area contributed by atoms with Crippen molar-refractivity contribution in [3.63, 3.8) is 0 Å². The standard InChI is InChI=1S/C19H23N7O/c1-3-27-18-11-4-5-20-17(11)23-19(24-18)22-13-8-21-26(10(13)2)7-6-25-9-12-14-15(12)16(14)25/h4-5,8,12,14-16H,3,6-7,9H2,1-2H3,(H2,20,22,23,24). The van der Waals surface area contributed by atoms with Crippen LogP contribution in [0.5, 0.6) is 5.88 Å². The van der Waals surface area contributed by atoms with Crippen LogP contribution in [0, 0.1) is 24.7 Å². The van der Waals surface area contributed by atoms with Crippen molar-refractivity contribution in [3.8, 4) is 5.88 Å². The number of ether oxygens (including phenoxy) is 1. The number of anilines is 2. The van der Waals surface area contributed by atoms with Gasteiger partial charge in [0.15, 0.2) is 0 Å². The number of rotatable bonds is 7. The lowest BCUT2D eigenvalue weighted by atomic mass is 10.2. The topological polar surface area (TPSA) is 83.9 Å². The lowest BCUT2D eigenvalue weighted by Crippen LogP contribution is -2.26. The zero-order valence-electron chi connectivity index (χ0n) is 15.5. The second-order valence-corrected chi connectivity index (χ2v) is 7.82. The van der Waals surface area contributed by atoms with Crippen molar-refractivity contribution in [1.82, 2.24) is 29.6 Å². The highest BCUT2D eigenvalue weighted by molar-refractivity contribution is 5.82. The molecule has 27 heavy (non-hydrogen) atoms. The van der Waals surface area contributed by atoms with Crippen LogP contribution < -0.4 is 10.1 Å². The lowest BCUT2D eigenvalue weighted by Gasteiger charge is -2.15. The van der Waals surface area contributed by atoms with Crippen molar-refractivity contribution in [2.75, 3.05) is 25.0 Å². The number of fused-ring (bicyclic) bond motifs is 2. The van der Waals surface area contributed by atoms with E-state index >= 15 is 0 Å². The van der Waals surface area contributed by atoms with Crippen molar-refractivity contribution in [2.24, 2.45) is 17.8 Å². The van der Waals surface area contributed by atoms with E-state index in [9.17, 15) is 0 Å². The van der Waals surface area contributed by atoms with Crippen LogP contribution in [0.2, 0.25) is 0 Å². The van der Waals surface area contributed by atoms with Gasteiger partial charge in [-0.3, -0.25) is 9.58 Å². The van der Waals surface area contributed by atoms with Gasteiger partial charge in [-0.05, 0) is 37.7 Å². The van der Waals surface area contributed by atoms with Gasteiger partial charge < -0.3 is 15.0 Å². The van der Waals surface area contributed by atoms with Crippen molar-refractivity contribution in [2.45, 2.75) is 26.4 Å². The molecule has 7 rings (SSSR count). The summed E-state index contributed by atoms with van der Waals surface area (Å²) in [5, 5.41) is 8.76. The molecular weight excluding hydrogens is 342 g/mol. The fraction of sp³-hybridized carbons (Fsp3) is 0.526. The Kier molecular flexibility index (Phi) is 3.12. The molecule has 2 saturated carbocycles. The van der Waals surface area contributed by atoms with Gasteiger partial charge in [-0.1, -0.05) is 0 Å². The quantitative estimate of drug-likeness (QED) is 0.668. The highest BCUT2D eigenvalue weighted by Crippen LogP contribution is 2.75. The van der Waals surface area contributed by atoms with E-state index in [1.807, 2.05) is 25.4 Å². The third kappa shape index (κ3) is 2.29. The number of nitrogens with one attached hydrogen (secondary N) is 2. The molecule has 2 N–H and O–H groups in total. The SMILES string of the molecule is CCOc1nc(Nc2cnn(CCN3CC4C5C4C53)c2C)nc2[nH]ccc12. The zero-order valence-corrected chi connectivity index (χ0v) is 15.5. The summed E-state index contributed by atoms with van der Waals surface area (Å²) < 4.78 is 7.74. The number of H-pyrrole nitrogens is 1. The van der Waals surface area contributed by atoms with Gasteiger partial charge in [0.2, 0.25) is 11.8 Å².